The van der Waals surface area contributed by atoms with E-state index in [9.17, 15) is 5.26 Å². The third kappa shape index (κ3) is 2.54. The maximum atomic E-state index is 9.28. The van der Waals surface area contributed by atoms with Crippen LogP contribution in [0.4, 0.5) is 5.82 Å². The molecule has 0 aliphatic carbocycles. The lowest BCUT2D eigenvalue weighted by Crippen LogP contribution is -1.99. The molecule has 0 saturated carbocycles. The number of aromatic nitrogens is 1. The standard InChI is InChI=1S/C16H10BrN3O/c17-11-4-1-3-10(7-11)14-8-12(15-5-2-6-21-15)13(9-18)16(19)20-14/h1-8H,(H2,19,20). The minimum Gasteiger partial charge on any atom is -0.464 e. The van der Waals surface area contributed by atoms with Crippen LogP contribution in [-0.4, -0.2) is 4.98 Å². The van der Waals surface area contributed by atoms with E-state index in [0.29, 0.717) is 22.6 Å². The fraction of sp³-hybridized carbons (Fsp3) is 0. The van der Waals surface area contributed by atoms with Gasteiger partial charge < -0.3 is 10.2 Å². The van der Waals surface area contributed by atoms with Gasteiger partial charge >= 0.3 is 0 Å². The van der Waals surface area contributed by atoms with E-state index < -0.39 is 0 Å². The summed E-state index contributed by atoms with van der Waals surface area (Å²) in [5.41, 5.74) is 8.50. The average Bonchev–Trinajstić information content (AvgIpc) is 3.00. The molecule has 0 fully saturated rings. The quantitative estimate of drug-likeness (QED) is 0.758. The number of hydrogen-bond donors (Lipinski definition) is 1. The Kier molecular flexibility index (Phi) is 3.46. The van der Waals surface area contributed by atoms with E-state index in [2.05, 4.69) is 27.0 Å². The summed E-state index contributed by atoms with van der Waals surface area (Å²) in [4.78, 5) is 4.32. The van der Waals surface area contributed by atoms with E-state index in [1.807, 2.05) is 30.3 Å². The molecule has 0 spiro atoms. The van der Waals surface area contributed by atoms with Crippen LogP contribution in [0, 0.1) is 11.3 Å². The first-order chi connectivity index (χ1) is 10.2. The smallest absolute Gasteiger partial charge is 0.142 e. The van der Waals surface area contributed by atoms with E-state index >= 15 is 0 Å². The first kappa shape index (κ1) is 13.4. The highest BCUT2D eigenvalue weighted by Gasteiger charge is 2.15. The number of rotatable bonds is 2. The van der Waals surface area contributed by atoms with Crippen LogP contribution in [0.1, 0.15) is 5.56 Å². The Morgan fingerprint density at radius 2 is 2.05 bits per heavy atom. The third-order valence-corrected chi connectivity index (χ3v) is 3.56. The van der Waals surface area contributed by atoms with E-state index in [-0.39, 0.29) is 5.82 Å². The van der Waals surface area contributed by atoms with Gasteiger partial charge in [0, 0.05) is 15.6 Å². The molecule has 0 amide bonds. The molecule has 102 valence electrons. The Morgan fingerprint density at radius 1 is 1.19 bits per heavy atom. The molecular formula is C16H10BrN3O. The number of nitrogens with zero attached hydrogens (tertiary/aromatic N) is 2. The van der Waals surface area contributed by atoms with Crippen molar-refractivity contribution in [3.8, 4) is 28.7 Å². The van der Waals surface area contributed by atoms with Gasteiger partial charge in [0.2, 0.25) is 0 Å². The predicted molar refractivity (Wildman–Crippen MR) is 84.2 cm³/mol. The number of pyridine rings is 1. The number of hydrogen-bond acceptors (Lipinski definition) is 4. The van der Waals surface area contributed by atoms with Crippen LogP contribution >= 0.6 is 15.9 Å². The highest BCUT2D eigenvalue weighted by atomic mass is 79.9. The summed E-state index contributed by atoms with van der Waals surface area (Å²) >= 11 is 3.43. The van der Waals surface area contributed by atoms with Crippen LogP contribution in [0.2, 0.25) is 0 Å². The summed E-state index contributed by atoms with van der Waals surface area (Å²) in [5.74, 6) is 0.790. The van der Waals surface area contributed by atoms with Crippen LogP contribution in [-0.2, 0) is 0 Å². The fourth-order valence-electron chi connectivity index (χ4n) is 2.10. The number of nitriles is 1. The van der Waals surface area contributed by atoms with Gasteiger partial charge in [0.15, 0.2) is 0 Å². The normalized spacial score (nSPS) is 10.3. The van der Waals surface area contributed by atoms with Crippen LogP contribution in [0.15, 0.2) is 57.6 Å². The summed E-state index contributed by atoms with van der Waals surface area (Å²) in [7, 11) is 0. The second-order valence-corrected chi connectivity index (χ2v) is 5.33. The number of furan rings is 1. The number of halogens is 1. The van der Waals surface area contributed by atoms with Gasteiger partial charge in [-0.1, -0.05) is 28.1 Å². The molecule has 2 heterocycles. The maximum Gasteiger partial charge on any atom is 0.142 e. The van der Waals surface area contributed by atoms with Gasteiger partial charge in [-0.25, -0.2) is 4.98 Å². The van der Waals surface area contributed by atoms with Crippen LogP contribution in [0.25, 0.3) is 22.6 Å². The number of nitrogens with two attached hydrogens (primary N) is 1. The van der Waals surface area contributed by atoms with E-state index in [1.54, 1.807) is 18.4 Å². The van der Waals surface area contributed by atoms with Gasteiger partial charge in [-0.2, -0.15) is 5.26 Å². The van der Waals surface area contributed by atoms with E-state index in [0.717, 1.165) is 10.0 Å². The molecule has 2 N–H and O–H groups in total. The largest absolute Gasteiger partial charge is 0.464 e. The molecule has 0 aliphatic heterocycles. The summed E-state index contributed by atoms with van der Waals surface area (Å²) < 4.78 is 6.34. The van der Waals surface area contributed by atoms with Gasteiger partial charge in [0.25, 0.3) is 0 Å². The predicted octanol–water partition coefficient (Wildman–Crippen LogP) is 4.22. The lowest BCUT2D eigenvalue weighted by atomic mass is 10.0. The van der Waals surface area contributed by atoms with Crippen LogP contribution in [0.3, 0.4) is 0 Å². The molecule has 21 heavy (non-hydrogen) atoms. The Labute approximate surface area is 130 Å². The molecule has 1 aromatic carbocycles. The Hall–Kier alpha value is -2.58. The van der Waals surface area contributed by atoms with Gasteiger partial charge in [0.05, 0.1) is 12.0 Å². The Morgan fingerprint density at radius 3 is 2.71 bits per heavy atom. The molecule has 3 aromatic rings. The average molecular weight is 340 g/mol. The van der Waals surface area contributed by atoms with Crippen molar-refractivity contribution in [1.29, 1.82) is 5.26 Å². The summed E-state index contributed by atoms with van der Waals surface area (Å²) in [6, 6.07) is 15.2. The van der Waals surface area contributed by atoms with Crippen molar-refractivity contribution >= 4 is 21.7 Å². The van der Waals surface area contributed by atoms with Crippen molar-refractivity contribution in [3.63, 3.8) is 0 Å². The SMILES string of the molecule is N#Cc1c(-c2ccco2)cc(-c2cccc(Br)c2)nc1N. The third-order valence-electron chi connectivity index (χ3n) is 3.07. The number of benzene rings is 1. The molecule has 0 bridgehead atoms. The van der Waals surface area contributed by atoms with Crippen molar-refractivity contribution in [2.45, 2.75) is 0 Å². The zero-order valence-corrected chi connectivity index (χ0v) is 12.5. The molecule has 0 aliphatic rings. The lowest BCUT2D eigenvalue weighted by molar-refractivity contribution is 0.582. The second kappa shape index (κ2) is 5.43. The monoisotopic (exact) mass is 339 g/mol. The zero-order chi connectivity index (χ0) is 14.8. The topological polar surface area (TPSA) is 75.8 Å². The van der Waals surface area contributed by atoms with Gasteiger partial charge in [-0.15, -0.1) is 0 Å². The molecular weight excluding hydrogens is 330 g/mol. The molecule has 0 saturated heterocycles. The minimum atomic E-state index is 0.196. The number of nitrogen functional groups attached to an aromatic ring is 1. The molecule has 4 nitrogen and oxygen atoms in total. The molecule has 0 unspecified atom stereocenters. The summed E-state index contributed by atoms with van der Waals surface area (Å²) in [6.45, 7) is 0. The summed E-state index contributed by atoms with van der Waals surface area (Å²) in [5, 5.41) is 9.28. The maximum absolute atomic E-state index is 9.28. The minimum absolute atomic E-state index is 0.196. The molecule has 0 radical (unpaired) electrons. The second-order valence-electron chi connectivity index (χ2n) is 4.41. The van der Waals surface area contributed by atoms with E-state index in [4.69, 9.17) is 10.2 Å². The Balaban J connectivity index is 2.23. The van der Waals surface area contributed by atoms with E-state index in [1.165, 1.54) is 0 Å². The van der Waals surface area contributed by atoms with Crippen molar-refractivity contribution in [3.05, 3.63) is 58.8 Å². The lowest BCUT2D eigenvalue weighted by Gasteiger charge is -2.08. The summed E-state index contributed by atoms with van der Waals surface area (Å²) in [6.07, 6.45) is 1.56. The first-order valence-electron chi connectivity index (χ1n) is 6.19. The highest BCUT2D eigenvalue weighted by molar-refractivity contribution is 9.10. The van der Waals surface area contributed by atoms with Crippen molar-refractivity contribution in [1.82, 2.24) is 4.98 Å². The molecule has 5 heteroatoms. The van der Waals surface area contributed by atoms with Gasteiger partial charge in [-0.05, 0) is 30.3 Å². The van der Waals surface area contributed by atoms with Crippen molar-refractivity contribution < 1.29 is 4.42 Å². The first-order valence-corrected chi connectivity index (χ1v) is 6.99. The van der Waals surface area contributed by atoms with Crippen molar-refractivity contribution in [2.24, 2.45) is 0 Å². The fourth-order valence-corrected chi connectivity index (χ4v) is 2.50. The molecule has 0 atom stereocenters. The van der Waals surface area contributed by atoms with Gasteiger partial charge in [-0.3, -0.25) is 0 Å². The zero-order valence-electron chi connectivity index (χ0n) is 10.9. The molecule has 3 rings (SSSR count). The Bertz CT molecular complexity index is 835. The van der Waals surface area contributed by atoms with Crippen LogP contribution < -0.4 is 5.73 Å². The number of anilines is 1. The molecule has 2 aromatic heterocycles. The van der Waals surface area contributed by atoms with Crippen LogP contribution in [0.5, 0.6) is 0 Å². The highest BCUT2D eigenvalue weighted by Crippen LogP contribution is 2.32. The van der Waals surface area contributed by atoms with Crippen molar-refractivity contribution in [2.75, 3.05) is 5.73 Å². The van der Waals surface area contributed by atoms with Gasteiger partial charge in [0.1, 0.15) is 23.2 Å².